The predicted molar refractivity (Wildman–Crippen MR) is 363 cm³/mol. The Morgan fingerprint density at radius 2 is 0.533 bits per heavy atom. The summed E-state index contributed by atoms with van der Waals surface area (Å²) in [4.78, 5) is 72.6. The van der Waals surface area contributed by atoms with E-state index in [2.05, 4.69) is 55.4 Å². The minimum atomic E-state index is -4.95. The third kappa shape index (κ3) is 63.5. The van der Waals surface area contributed by atoms with Gasteiger partial charge in [-0.3, -0.25) is 37.3 Å². The Kier molecular flexibility index (Phi) is 59.4. The number of esters is 4. The van der Waals surface area contributed by atoms with Gasteiger partial charge in [0.15, 0.2) is 12.2 Å². The van der Waals surface area contributed by atoms with Crippen LogP contribution in [0.4, 0.5) is 0 Å². The lowest BCUT2D eigenvalue weighted by Crippen LogP contribution is -2.30. The van der Waals surface area contributed by atoms with E-state index in [1.54, 1.807) is 0 Å². The van der Waals surface area contributed by atoms with E-state index in [0.717, 1.165) is 114 Å². The number of carbonyl (C=O) groups excluding carboxylic acids is 4. The van der Waals surface area contributed by atoms with Gasteiger partial charge >= 0.3 is 39.5 Å². The van der Waals surface area contributed by atoms with Crippen LogP contribution < -0.4 is 0 Å². The SMILES string of the molecule is CCC(C)CCCCCCCCCCC(=O)OC[C@H](COP(=O)(O)OCC(O)COP(=O)(O)OC[C@@H](COC(=O)CCCCCCCCCC(C)C)OC(=O)CCCCCCCCCCCCC(C)C)OC(=O)CCCCCCCCCCCCCCC(C)C. The van der Waals surface area contributed by atoms with Crippen LogP contribution in [0.5, 0.6) is 0 Å². The van der Waals surface area contributed by atoms with Crippen LogP contribution in [0.3, 0.4) is 0 Å². The van der Waals surface area contributed by atoms with Gasteiger partial charge < -0.3 is 33.8 Å². The molecule has 0 aromatic rings. The quantitative estimate of drug-likeness (QED) is 0.0222. The zero-order valence-electron chi connectivity index (χ0n) is 58.8. The molecular weight excluding hydrogens is 1190 g/mol. The fraction of sp³-hybridized carbons (Fsp3) is 0.944. The number of ether oxygens (including phenoxy) is 4. The highest BCUT2D eigenvalue weighted by molar-refractivity contribution is 7.47. The number of rotatable bonds is 68. The van der Waals surface area contributed by atoms with E-state index in [-0.39, 0.29) is 25.7 Å². The van der Waals surface area contributed by atoms with Gasteiger partial charge in [0, 0.05) is 25.7 Å². The molecule has 534 valence electrons. The second kappa shape index (κ2) is 60.7. The lowest BCUT2D eigenvalue weighted by atomic mass is 9.99. The molecule has 0 saturated carbocycles. The van der Waals surface area contributed by atoms with Gasteiger partial charge in [0.2, 0.25) is 0 Å². The second-order valence-electron chi connectivity index (χ2n) is 27.3. The molecular formula is C71H138O17P2. The summed E-state index contributed by atoms with van der Waals surface area (Å²) in [5.74, 6) is 0.883. The molecule has 0 aromatic heterocycles. The van der Waals surface area contributed by atoms with Crippen LogP contribution in [0.25, 0.3) is 0 Å². The van der Waals surface area contributed by atoms with Gasteiger partial charge in [-0.05, 0) is 49.4 Å². The Morgan fingerprint density at radius 3 is 0.789 bits per heavy atom. The lowest BCUT2D eigenvalue weighted by Gasteiger charge is -2.21. The van der Waals surface area contributed by atoms with Gasteiger partial charge in [-0.2, -0.15) is 0 Å². The van der Waals surface area contributed by atoms with Crippen molar-refractivity contribution in [3.63, 3.8) is 0 Å². The summed E-state index contributed by atoms with van der Waals surface area (Å²) in [5, 5.41) is 10.6. The normalized spacial score (nSPS) is 14.6. The monoisotopic (exact) mass is 1320 g/mol. The summed E-state index contributed by atoms with van der Waals surface area (Å²) < 4.78 is 68.3. The minimum absolute atomic E-state index is 0.105. The van der Waals surface area contributed by atoms with Crippen molar-refractivity contribution in [2.75, 3.05) is 39.6 Å². The second-order valence-corrected chi connectivity index (χ2v) is 30.2. The first-order chi connectivity index (χ1) is 43.1. The summed E-state index contributed by atoms with van der Waals surface area (Å²) >= 11 is 0. The van der Waals surface area contributed by atoms with Crippen LogP contribution in [0, 0.1) is 23.7 Å². The average molecular weight is 1330 g/mol. The van der Waals surface area contributed by atoms with E-state index in [0.29, 0.717) is 31.6 Å². The summed E-state index contributed by atoms with van der Waals surface area (Å²) in [6.07, 6.45) is 43.0. The van der Waals surface area contributed by atoms with Crippen LogP contribution in [-0.4, -0.2) is 96.7 Å². The van der Waals surface area contributed by atoms with Crippen molar-refractivity contribution in [2.45, 2.75) is 369 Å². The molecule has 6 atom stereocenters. The fourth-order valence-electron chi connectivity index (χ4n) is 10.6. The molecule has 0 aromatic carbocycles. The molecule has 17 nitrogen and oxygen atoms in total. The zero-order chi connectivity index (χ0) is 66.8. The summed E-state index contributed by atoms with van der Waals surface area (Å²) in [6.45, 7) is 14.1. The molecule has 0 saturated heterocycles. The van der Waals surface area contributed by atoms with E-state index in [1.807, 2.05) is 0 Å². The van der Waals surface area contributed by atoms with Crippen molar-refractivity contribution in [1.29, 1.82) is 0 Å². The van der Waals surface area contributed by atoms with E-state index in [9.17, 15) is 43.2 Å². The van der Waals surface area contributed by atoms with Gasteiger partial charge in [0.05, 0.1) is 26.4 Å². The number of carbonyl (C=O) groups is 4. The van der Waals surface area contributed by atoms with E-state index < -0.39 is 97.5 Å². The fourth-order valence-corrected chi connectivity index (χ4v) is 12.2. The van der Waals surface area contributed by atoms with Crippen molar-refractivity contribution in [3.05, 3.63) is 0 Å². The highest BCUT2D eigenvalue weighted by atomic mass is 31.2. The van der Waals surface area contributed by atoms with E-state index >= 15 is 0 Å². The highest BCUT2D eigenvalue weighted by Crippen LogP contribution is 2.45. The van der Waals surface area contributed by atoms with Gasteiger partial charge in [-0.25, -0.2) is 9.13 Å². The number of hydrogen-bond acceptors (Lipinski definition) is 15. The van der Waals surface area contributed by atoms with Crippen LogP contribution >= 0.6 is 15.6 Å². The Balaban J connectivity index is 5.27. The Labute approximate surface area is 549 Å². The van der Waals surface area contributed by atoms with Crippen LogP contribution in [0.1, 0.15) is 351 Å². The number of unbranched alkanes of at least 4 members (excludes halogenated alkanes) is 33. The standard InChI is InChI=1S/C71H138O17P2/c1-9-64(8)50-42-34-26-20-21-27-35-43-51-68(73)81-57-66(87-70(75)53-45-37-28-18-13-11-10-12-16-23-31-39-47-61(2)3)59-85-89(77,78)83-55-65(72)56-84-90(79,80)86-60-67(58-82-69(74)52-44-36-30-22-25-33-41-49-63(6)7)88-71(76)54-46-38-29-19-15-14-17-24-32-40-48-62(4)5/h61-67,72H,9-60H2,1-8H3,(H,77,78)(H,79,80)/t64?,65?,66-,67-/m1/s1. The van der Waals surface area contributed by atoms with Gasteiger partial charge in [-0.1, -0.05) is 299 Å². The van der Waals surface area contributed by atoms with E-state index in [4.69, 9.17) is 37.0 Å². The van der Waals surface area contributed by atoms with Gasteiger partial charge in [0.25, 0.3) is 0 Å². The van der Waals surface area contributed by atoms with Crippen LogP contribution in [-0.2, 0) is 65.4 Å². The first-order valence-corrected chi connectivity index (χ1v) is 39.7. The minimum Gasteiger partial charge on any atom is -0.462 e. The third-order valence-corrected chi connectivity index (χ3v) is 18.6. The van der Waals surface area contributed by atoms with Gasteiger partial charge in [-0.15, -0.1) is 0 Å². The van der Waals surface area contributed by atoms with Crippen molar-refractivity contribution >= 4 is 39.5 Å². The predicted octanol–water partition coefficient (Wildman–Crippen LogP) is 20.1. The molecule has 0 radical (unpaired) electrons. The number of hydrogen-bond donors (Lipinski definition) is 3. The Morgan fingerprint density at radius 1 is 0.311 bits per heavy atom. The lowest BCUT2D eigenvalue weighted by molar-refractivity contribution is -0.161. The van der Waals surface area contributed by atoms with Crippen molar-refractivity contribution in [1.82, 2.24) is 0 Å². The number of phosphoric ester groups is 2. The van der Waals surface area contributed by atoms with E-state index in [1.165, 1.54) is 148 Å². The molecule has 0 aliphatic carbocycles. The molecule has 0 rings (SSSR count). The molecule has 0 bridgehead atoms. The molecule has 90 heavy (non-hydrogen) atoms. The first kappa shape index (κ1) is 88.1. The molecule has 3 N–H and O–H groups in total. The smallest absolute Gasteiger partial charge is 0.462 e. The number of phosphoric acid groups is 2. The molecule has 0 heterocycles. The topological polar surface area (TPSA) is 237 Å². The van der Waals surface area contributed by atoms with Crippen molar-refractivity contribution < 1.29 is 80.2 Å². The highest BCUT2D eigenvalue weighted by Gasteiger charge is 2.30. The van der Waals surface area contributed by atoms with Crippen LogP contribution in [0.2, 0.25) is 0 Å². The maximum Gasteiger partial charge on any atom is 0.472 e. The summed E-state index contributed by atoms with van der Waals surface area (Å²) in [6, 6.07) is 0. The maximum absolute atomic E-state index is 13.0. The van der Waals surface area contributed by atoms with Crippen molar-refractivity contribution in [3.8, 4) is 0 Å². The molecule has 0 aliphatic heterocycles. The molecule has 0 fully saturated rings. The Hall–Kier alpha value is -1.94. The third-order valence-electron chi connectivity index (χ3n) is 16.7. The number of aliphatic hydroxyl groups is 1. The molecule has 0 spiro atoms. The maximum atomic E-state index is 13.0. The zero-order valence-corrected chi connectivity index (χ0v) is 60.6. The molecule has 0 aliphatic rings. The van der Waals surface area contributed by atoms with Crippen LogP contribution in [0.15, 0.2) is 0 Å². The first-order valence-electron chi connectivity index (χ1n) is 36.7. The molecule has 0 amide bonds. The summed E-state index contributed by atoms with van der Waals surface area (Å²) in [7, 11) is -9.90. The Bertz CT molecular complexity index is 1780. The largest absolute Gasteiger partial charge is 0.472 e. The molecule has 19 heteroatoms. The number of aliphatic hydroxyl groups excluding tert-OH is 1. The van der Waals surface area contributed by atoms with Gasteiger partial charge in [0.1, 0.15) is 19.3 Å². The van der Waals surface area contributed by atoms with Crippen molar-refractivity contribution in [2.24, 2.45) is 23.7 Å². The average Bonchev–Trinajstić information content (AvgIpc) is 3.19. The molecule has 4 unspecified atom stereocenters. The summed E-state index contributed by atoms with van der Waals surface area (Å²) in [5.41, 5.74) is 0.